The summed E-state index contributed by atoms with van der Waals surface area (Å²) in [6, 6.07) is 3.70. The van der Waals surface area contributed by atoms with Gasteiger partial charge in [-0.05, 0) is 40.0 Å². The fraction of sp³-hybridized carbons (Fsp3) is 0.375. The highest BCUT2D eigenvalue weighted by atomic mass is 19.1. The largest absolute Gasteiger partial charge is 0.470 e. The van der Waals surface area contributed by atoms with Crippen LogP contribution in [-0.4, -0.2) is 39.5 Å². The van der Waals surface area contributed by atoms with Gasteiger partial charge in [-0.1, -0.05) is 11.2 Å². The smallest absolute Gasteiger partial charge is 0.312 e. The highest BCUT2D eigenvalue weighted by Gasteiger charge is 2.35. The van der Waals surface area contributed by atoms with Gasteiger partial charge in [-0.15, -0.1) is 0 Å². The van der Waals surface area contributed by atoms with Gasteiger partial charge in [0.15, 0.2) is 0 Å². The number of hydrogen-bond acceptors (Lipinski definition) is 7. The number of rotatable bonds is 5. The minimum absolute atomic E-state index is 0.0114. The summed E-state index contributed by atoms with van der Waals surface area (Å²) < 4.78 is 23.8. The summed E-state index contributed by atoms with van der Waals surface area (Å²) in [6.45, 7) is 0. The van der Waals surface area contributed by atoms with E-state index in [9.17, 15) is 14.4 Å². The Balaban J connectivity index is 1.40. The summed E-state index contributed by atoms with van der Waals surface area (Å²) in [7, 11) is 0. The first kappa shape index (κ1) is 17.1. The quantitative estimate of drug-likeness (QED) is 0.261. The van der Waals surface area contributed by atoms with Crippen LogP contribution in [0.25, 0.3) is 0 Å². The number of fused-ring (bicyclic) bond motifs is 1. The first-order chi connectivity index (χ1) is 13.0. The Labute approximate surface area is 152 Å². The van der Waals surface area contributed by atoms with Gasteiger partial charge < -0.3 is 26.3 Å². The number of nitrogens with zero attached hydrogens (tertiary/aromatic N) is 3. The molecule has 5 N–H and O–H groups in total. The number of oxime groups is 1. The Morgan fingerprint density at radius 3 is 2.93 bits per heavy atom. The molecule has 1 atom stereocenters. The summed E-state index contributed by atoms with van der Waals surface area (Å²) in [5.74, 6) is -0.257. The maximum Gasteiger partial charge on any atom is 0.312 e. The van der Waals surface area contributed by atoms with Gasteiger partial charge in [-0.3, -0.25) is 0 Å². The molecular formula is C16H17FN6O4. The number of nitrogens with one attached hydrogen (secondary N) is 2. The number of amidine groups is 1. The minimum atomic E-state index is -0.585. The van der Waals surface area contributed by atoms with Crippen molar-refractivity contribution in [2.75, 3.05) is 0 Å². The van der Waals surface area contributed by atoms with Gasteiger partial charge in [-0.25, -0.2) is 13.8 Å². The number of halogens is 1. The van der Waals surface area contributed by atoms with Gasteiger partial charge in [0.1, 0.15) is 11.9 Å². The van der Waals surface area contributed by atoms with Crippen molar-refractivity contribution >= 4 is 11.9 Å². The van der Waals surface area contributed by atoms with E-state index in [-0.39, 0.29) is 41.4 Å². The highest BCUT2D eigenvalue weighted by Crippen LogP contribution is 2.34. The van der Waals surface area contributed by atoms with Gasteiger partial charge >= 0.3 is 6.03 Å². The molecule has 0 saturated heterocycles. The maximum absolute atomic E-state index is 13.4. The Morgan fingerprint density at radius 2 is 2.19 bits per heavy atom. The number of ether oxygens (including phenoxy) is 1. The molecule has 1 fully saturated rings. The summed E-state index contributed by atoms with van der Waals surface area (Å²) in [4.78, 5) is 10.8. The molecule has 2 amide bonds. The van der Waals surface area contributed by atoms with E-state index in [1.807, 2.05) is 0 Å². The Hall–Kier alpha value is -3.37. The maximum atomic E-state index is 13.4. The summed E-state index contributed by atoms with van der Waals surface area (Å²) >= 11 is 0. The van der Waals surface area contributed by atoms with Crippen molar-refractivity contribution in [2.45, 2.75) is 37.5 Å². The van der Waals surface area contributed by atoms with Crippen molar-refractivity contribution in [2.24, 2.45) is 10.9 Å². The van der Waals surface area contributed by atoms with E-state index in [0.29, 0.717) is 19.3 Å². The van der Waals surface area contributed by atoms with Crippen LogP contribution < -0.4 is 21.1 Å². The SMILES string of the molecule is NC(=O)NC1CC(Oc2nonc2C(=NO)N[C@H]2Cc3ccc(F)cc32)C1. The van der Waals surface area contributed by atoms with E-state index >= 15 is 0 Å². The van der Waals surface area contributed by atoms with Crippen LogP contribution in [0.1, 0.15) is 35.7 Å². The van der Waals surface area contributed by atoms with E-state index in [2.05, 4.69) is 26.1 Å². The van der Waals surface area contributed by atoms with Gasteiger partial charge in [0, 0.05) is 18.9 Å². The van der Waals surface area contributed by atoms with E-state index < -0.39 is 6.03 Å². The lowest BCUT2D eigenvalue weighted by Crippen LogP contribution is -2.50. The Kier molecular flexibility index (Phi) is 4.26. The van der Waals surface area contributed by atoms with Crippen LogP contribution in [0.2, 0.25) is 0 Å². The Morgan fingerprint density at radius 1 is 1.37 bits per heavy atom. The van der Waals surface area contributed by atoms with Gasteiger partial charge in [-0.2, -0.15) is 0 Å². The van der Waals surface area contributed by atoms with Gasteiger partial charge in [0.05, 0.1) is 6.04 Å². The lowest BCUT2D eigenvalue weighted by atomic mass is 9.83. The van der Waals surface area contributed by atoms with Crippen LogP contribution >= 0.6 is 0 Å². The lowest BCUT2D eigenvalue weighted by Gasteiger charge is -2.34. The van der Waals surface area contributed by atoms with Crippen LogP contribution in [-0.2, 0) is 6.42 Å². The second-order valence-corrected chi connectivity index (χ2v) is 6.53. The van der Waals surface area contributed by atoms with Crippen LogP contribution in [0.15, 0.2) is 28.0 Å². The molecule has 0 spiro atoms. The summed E-state index contributed by atoms with van der Waals surface area (Å²) in [6.07, 6.45) is 1.57. The minimum Gasteiger partial charge on any atom is -0.470 e. The number of carbonyl (C=O) groups excluding carboxylic acids is 1. The molecule has 1 aromatic carbocycles. The molecular weight excluding hydrogens is 359 g/mol. The fourth-order valence-electron chi connectivity index (χ4n) is 3.25. The third-order valence-corrected chi connectivity index (χ3v) is 4.72. The van der Waals surface area contributed by atoms with E-state index in [1.54, 1.807) is 6.07 Å². The number of hydrogen-bond donors (Lipinski definition) is 4. The normalized spacial score (nSPS) is 23.6. The molecule has 1 heterocycles. The molecule has 2 aliphatic rings. The van der Waals surface area contributed by atoms with E-state index in [0.717, 1.165) is 11.1 Å². The van der Waals surface area contributed by atoms with Crippen LogP contribution in [0, 0.1) is 5.82 Å². The zero-order valence-electron chi connectivity index (χ0n) is 14.1. The average Bonchev–Trinajstić information content (AvgIpc) is 3.04. The zero-order chi connectivity index (χ0) is 19.0. The van der Waals surface area contributed by atoms with Gasteiger partial charge in [0.25, 0.3) is 5.88 Å². The topological polar surface area (TPSA) is 148 Å². The van der Waals surface area contributed by atoms with Crippen molar-refractivity contribution in [1.82, 2.24) is 20.9 Å². The monoisotopic (exact) mass is 376 g/mol. The second kappa shape index (κ2) is 6.74. The molecule has 2 aromatic rings. The van der Waals surface area contributed by atoms with Crippen molar-refractivity contribution < 1.29 is 23.8 Å². The molecule has 1 saturated carbocycles. The lowest BCUT2D eigenvalue weighted by molar-refractivity contribution is 0.0801. The zero-order valence-corrected chi connectivity index (χ0v) is 14.1. The third-order valence-electron chi connectivity index (χ3n) is 4.72. The van der Waals surface area contributed by atoms with Crippen molar-refractivity contribution in [3.63, 3.8) is 0 Å². The number of urea groups is 1. The summed E-state index contributed by atoms with van der Waals surface area (Å²) in [5.41, 5.74) is 6.98. The molecule has 2 aliphatic carbocycles. The second-order valence-electron chi connectivity index (χ2n) is 6.53. The molecule has 10 nitrogen and oxygen atoms in total. The first-order valence-electron chi connectivity index (χ1n) is 8.36. The number of benzene rings is 1. The first-order valence-corrected chi connectivity index (χ1v) is 8.36. The molecule has 0 aliphatic heterocycles. The summed E-state index contributed by atoms with van der Waals surface area (Å²) in [5, 5.41) is 25.6. The predicted octanol–water partition coefficient (Wildman–Crippen LogP) is 0.810. The molecule has 0 unspecified atom stereocenters. The molecule has 0 bridgehead atoms. The molecule has 11 heteroatoms. The molecule has 142 valence electrons. The molecule has 0 radical (unpaired) electrons. The van der Waals surface area contributed by atoms with E-state index in [1.165, 1.54) is 12.1 Å². The standard InChI is InChI=1S/C16H17FN6O4/c17-8-2-1-7-3-12(11(7)4-8)20-14(21-25)13-15(23-27-22-13)26-10-5-9(6-10)19-16(18)24/h1-2,4,9-10,12,25H,3,5-6H2,(H,20,21)(H3,18,19,24)/t9?,10?,12-/m0/s1. The predicted molar refractivity (Wildman–Crippen MR) is 88.8 cm³/mol. The number of primary amides is 1. The van der Waals surface area contributed by atoms with Crippen molar-refractivity contribution in [1.29, 1.82) is 0 Å². The number of aromatic nitrogens is 2. The van der Waals surface area contributed by atoms with Crippen LogP contribution in [0.5, 0.6) is 5.88 Å². The molecule has 1 aromatic heterocycles. The van der Waals surface area contributed by atoms with Crippen molar-refractivity contribution in [3.05, 3.63) is 40.8 Å². The van der Waals surface area contributed by atoms with Gasteiger partial charge in [0.2, 0.25) is 11.5 Å². The average molecular weight is 376 g/mol. The van der Waals surface area contributed by atoms with Crippen molar-refractivity contribution in [3.8, 4) is 5.88 Å². The van der Waals surface area contributed by atoms with Crippen LogP contribution in [0.4, 0.5) is 9.18 Å². The number of nitrogens with two attached hydrogens (primary N) is 1. The highest BCUT2D eigenvalue weighted by molar-refractivity contribution is 5.98. The third kappa shape index (κ3) is 3.35. The van der Waals surface area contributed by atoms with Crippen LogP contribution in [0.3, 0.4) is 0 Å². The fourth-order valence-corrected chi connectivity index (χ4v) is 3.25. The van der Waals surface area contributed by atoms with E-state index in [4.69, 9.17) is 15.1 Å². The molecule has 4 rings (SSSR count). The number of amides is 2. The number of carbonyl (C=O) groups is 1. The Bertz CT molecular complexity index is 895. The molecule has 27 heavy (non-hydrogen) atoms.